The molecular formula is C17H25N3. The fourth-order valence-corrected chi connectivity index (χ4v) is 2.95. The van der Waals surface area contributed by atoms with E-state index in [0.717, 1.165) is 5.69 Å². The molecule has 0 aliphatic heterocycles. The Balaban J connectivity index is 2.44. The largest absolute Gasteiger partial charge is 0.311 e. The van der Waals surface area contributed by atoms with Gasteiger partial charge in [-0.3, -0.25) is 4.68 Å². The highest BCUT2D eigenvalue weighted by atomic mass is 15.3. The number of aromatic nitrogens is 2. The highest BCUT2D eigenvalue weighted by Gasteiger charge is 2.28. The van der Waals surface area contributed by atoms with Crippen molar-refractivity contribution in [3.05, 3.63) is 53.3 Å². The highest BCUT2D eigenvalue weighted by molar-refractivity contribution is 5.21. The average Bonchev–Trinajstić information content (AvgIpc) is 2.75. The molecule has 0 saturated carbocycles. The number of nitrogens with zero attached hydrogens (tertiary/aromatic N) is 2. The Kier molecular flexibility index (Phi) is 4.61. The normalized spacial score (nSPS) is 14.5. The first kappa shape index (κ1) is 14.8. The van der Waals surface area contributed by atoms with Gasteiger partial charge in [-0.1, -0.05) is 44.2 Å². The predicted molar refractivity (Wildman–Crippen MR) is 83.8 cm³/mol. The fourth-order valence-electron chi connectivity index (χ4n) is 2.95. The molecule has 3 heteroatoms. The molecular weight excluding hydrogens is 246 g/mol. The first-order valence-corrected chi connectivity index (χ1v) is 7.29. The lowest BCUT2D eigenvalue weighted by Gasteiger charge is -2.31. The Morgan fingerprint density at radius 1 is 1.10 bits per heavy atom. The van der Waals surface area contributed by atoms with Gasteiger partial charge in [0.25, 0.3) is 0 Å². The molecule has 0 radical (unpaired) electrons. The van der Waals surface area contributed by atoms with Crippen LogP contribution in [0.5, 0.6) is 0 Å². The van der Waals surface area contributed by atoms with E-state index in [4.69, 9.17) is 5.10 Å². The zero-order valence-electron chi connectivity index (χ0n) is 13.1. The Hall–Kier alpha value is -1.61. The van der Waals surface area contributed by atoms with E-state index in [1.54, 1.807) is 0 Å². The van der Waals surface area contributed by atoms with Crippen molar-refractivity contribution < 1.29 is 0 Å². The molecule has 3 nitrogen and oxygen atoms in total. The summed E-state index contributed by atoms with van der Waals surface area (Å²) in [6, 6.07) is 13.3. The maximum atomic E-state index is 4.70. The minimum atomic E-state index is 0.259. The van der Waals surface area contributed by atoms with E-state index in [9.17, 15) is 0 Å². The summed E-state index contributed by atoms with van der Waals surface area (Å²) in [6.45, 7) is 8.70. The van der Waals surface area contributed by atoms with Crippen molar-refractivity contribution in [2.75, 3.05) is 7.05 Å². The van der Waals surface area contributed by atoms with Crippen LogP contribution >= 0.6 is 0 Å². The Morgan fingerprint density at radius 3 is 2.20 bits per heavy atom. The summed E-state index contributed by atoms with van der Waals surface area (Å²) in [5, 5.41) is 8.18. The standard InChI is InChI=1S/C17H25N3/c1-12(2)17(20-14(4)11-13(3)19-20)16(18-5)15-9-7-6-8-10-15/h6-12,16-18H,1-5H3. The molecule has 1 N–H and O–H groups in total. The van der Waals surface area contributed by atoms with Crippen LogP contribution in [-0.2, 0) is 0 Å². The van der Waals surface area contributed by atoms with Gasteiger partial charge in [0.1, 0.15) is 0 Å². The van der Waals surface area contributed by atoms with Crippen LogP contribution in [0.3, 0.4) is 0 Å². The molecule has 0 saturated heterocycles. The molecule has 0 bridgehead atoms. The fraction of sp³-hybridized carbons (Fsp3) is 0.471. The number of likely N-dealkylation sites (N-methyl/N-ethyl adjacent to an activating group) is 1. The van der Waals surface area contributed by atoms with Crippen LogP contribution < -0.4 is 5.32 Å². The molecule has 1 aromatic carbocycles. The van der Waals surface area contributed by atoms with E-state index in [1.165, 1.54) is 11.3 Å². The summed E-state index contributed by atoms with van der Waals surface area (Å²) in [5.41, 5.74) is 3.61. The summed E-state index contributed by atoms with van der Waals surface area (Å²) in [4.78, 5) is 0. The van der Waals surface area contributed by atoms with Gasteiger partial charge in [0.15, 0.2) is 0 Å². The lowest BCUT2D eigenvalue weighted by Crippen LogP contribution is -2.32. The van der Waals surface area contributed by atoms with Crippen LogP contribution in [0.2, 0.25) is 0 Å². The van der Waals surface area contributed by atoms with E-state index in [1.807, 2.05) is 7.05 Å². The second-order valence-electron chi connectivity index (χ2n) is 5.78. The molecule has 2 rings (SSSR count). The quantitative estimate of drug-likeness (QED) is 0.899. The summed E-state index contributed by atoms with van der Waals surface area (Å²) in [5.74, 6) is 0.491. The molecule has 0 fully saturated rings. The minimum absolute atomic E-state index is 0.259. The Labute approximate surface area is 122 Å². The monoisotopic (exact) mass is 271 g/mol. The molecule has 20 heavy (non-hydrogen) atoms. The molecule has 0 spiro atoms. The third-order valence-electron chi connectivity index (χ3n) is 3.82. The van der Waals surface area contributed by atoms with Crippen molar-refractivity contribution >= 4 is 0 Å². The number of rotatable bonds is 5. The molecule has 0 aliphatic rings. The lowest BCUT2D eigenvalue weighted by atomic mass is 9.91. The van der Waals surface area contributed by atoms with Crippen molar-refractivity contribution in [3.63, 3.8) is 0 Å². The summed E-state index contributed by atoms with van der Waals surface area (Å²) < 4.78 is 2.17. The SMILES string of the molecule is CNC(c1ccccc1)C(C(C)C)n1nc(C)cc1C. The first-order chi connectivity index (χ1) is 9.54. The average molecular weight is 271 g/mol. The molecule has 2 aromatic rings. The molecule has 108 valence electrons. The van der Waals surface area contributed by atoms with Crippen LogP contribution in [0, 0.1) is 19.8 Å². The van der Waals surface area contributed by atoms with Gasteiger partial charge in [0.05, 0.1) is 17.8 Å². The van der Waals surface area contributed by atoms with Crippen molar-refractivity contribution in [2.24, 2.45) is 5.92 Å². The number of benzene rings is 1. The van der Waals surface area contributed by atoms with Crippen molar-refractivity contribution in [1.82, 2.24) is 15.1 Å². The number of nitrogens with one attached hydrogen (secondary N) is 1. The Bertz CT molecular complexity index is 543. The zero-order valence-corrected chi connectivity index (χ0v) is 13.1. The lowest BCUT2D eigenvalue weighted by molar-refractivity contribution is 0.263. The molecule has 1 heterocycles. The second-order valence-corrected chi connectivity index (χ2v) is 5.78. The maximum Gasteiger partial charge on any atom is 0.0739 e. The van der Waals surface area contributed by atoms with Gasteiger partial charge in [-0.15, -0.1) is 0 Å². The smallest absolute Gasteiger partial charge is 0.0739 e. The second kappa shape index (κ2) is 6.23. The van der Waals surface area contributed by atoms with Gasteiger partial charge in [-0.25, -0.2) is 0 Å². The molecule has 1 aromatic heterocycles. The van der Waals surface area contributed by atoms with Gasteiger partial charge in [-0.2, -0.15) is 5.10 Å². The highest BCUT2D eigenvalue weighted by Crippen LogP contribution is 2.33. The number of aryl methyl sites for hydroxylation is 2. The topological polar surface area (TPSA) is 29.9 Å². The number of hydrogen-bond donors (Lipinski definition) is 1. The summed E-state index contributed by atoms with van der Waals surface area (Å²) >= 11 is 0. The third kappa shape index (κ3) is 2.93. The van der Waals surface area contributed by atoms with Crippen LogP contribution in [0.15, 0.2) is 36.4 Å². The van der Waals surface area contributed by atoms with E-state index < -0.39 is 0 Å². The Morgan fingerprint density at radius 2 is 1.75 bits per heavy atom. The van der Waals surface area contributed by atoms with E-state index in [2.05, 4.69) is 74.1 Å². The van der Waals surface area contributed by atoms with E-state index >= 15 is 0 Å². The van der Waals surface area contributed by atoms with Crippen molar-refractivity contribution in [1.29, 1.82) is 0 Å². The van der Waals surface area contributed by atoms with E-state index in [0.29, 0.717) is 12.0 Å². The third-order valence-corrected chi connectivity index (χ3v) is 3.82. The van der Waals surface area contributed by atoms with Crippen LogP contribution in [0.1, 0.15) is 42.9 Å². The molecule has 2 unspecified atom stereocenters. The molecule has 2 atom stereocenters. The van der Waals surface area contributed by atoms with Gasteiger partial charge >= 0.3 is 0 Å². The maximum absolute atomic E-state index is 4.70. The van der Waals surface area contributed by atoms with Crippen molar-refractivity contribution in [2.45, 2.75) is 39.8 Å². The van der Waals surface area contributed by atoms with Crippen molar-refractivity contribution in [3.8, 4) is 0 Å². The zero-order chi connectivity index (χ0) is 14.7. The van der Waals surface area contributed by atoms with Gasteiger partial charge in [0, 0.05) is 5.69 Å². The first-order valence-electron chi connectivity index (χ1n) is 7.29. The predicted octanol–water partition coefficient (Wildman–Crippen LogP) is 3.66. The molecule has 0 aliphatic carbocycles. The van der Waals surface area contributed by atoms with Gasteiger partial charge < -0.3 is 5.32 Å². The van der Waals surface area contributed by atoms with Gasteiger partial charge in [0.2, 0.25) is 0 Å². The molecule has 0 amide bonds. The summed E-state index contributed by atoms with van der Waals surface area (Å²) in [7, 11) is 2.03. The number of hydrogen-bond acceptors (Lipinski definition) is 2. The van der Waals surface area contributed by atoms with E-state index in [-0.39, 0.29) is 6.04 Å². The minimum Gasteiger partial charge on any atom is -0.311 e. The van der Waals surface area contributed by atoms with Crippen LogP contribution in [0.4, 0.5) is 0 Å². The van der Waals surface area contributed by atoms with Crippen LogP contribution in [-0.4, -0.2) is 16.8 Å². The van der Waals surface area contributed by atoms with Gasteiger partial charge in [-0.05, 0) is 38.4 Å². The van der Waals surface area contributed by atoms with Crippen LogP contribution in [0.25, 0.3) is 0 Å². The summed E-state index contributed by atoms with van der Waals surface area (Å²) in [6.07, 6.45) is 0.